The Morgan fingerprint density at radius 2 is 1.95 bits per heavy atom. The van der Waals surface area contributed by atoms with Gasteiger partial charge in [0.15, 0.2) is 0 Å². The average Bonchev–Trinajstić information content (AvgIpc) is 2.46. The minimum atomic E-state index is -2.98. The lowest BCUT2D eigenvalue weighted by Crippen LogP contribution is -2.34. The first-order chi connectivity index (χ1) is 9.94. The van der Waals surface area contributed by atoms with Crippen molar-refractivity contribution < 1.29 is 17.9 Å². The highest BCUT2D eigenvalue weighted by atomic mass is 32.2. The van der Waals surface area contributed by atoms with Crippen LogP contribution in [0.3, 0.4) is 0 Å². The second-order valence-corrected chi connectivity index (χ2v) is 7.85. The van der Waals surface area contributed by atoms with Gasteiger partial charge >= 0.3 is 0 Å². The molecule has 1 aliphatic rings. The van der Waals surface area contributed by atoms with E-state index < -0.39 is 9.84 Å². The fourth-order valence-corrected chi connectivity index (χ4v) is 3.99. The summed E-state index contributed by atoms with van der Waals surface area (Å²) in [4.78, 5) is 0. The van der Waals surface area contributed by atoms with Gasteiger partial charge in [0.25, 0.3) is 0 Å². The summed E-state index contributed by atoms with van der Waals surface area (Å²) in [6, 6.07) is 5.70. The molecule has 1 aromatic carbocycles. The minimum absolute atomic E-state index is 0.138. The van der Waals surface area contributed by atoms with Gasteiger partial charge in [-0.2, -0.15) is 0 Å². The van der Waals surface area contributed by atoms with Crippen molar-refractivity contribution in [3.05, 3.63) is 18.2 Å². The smallest absolute Gasteiger partial charge is 0.150 e. The van der Waals surface area contributed by atoms with Crippen LogP contribution in [0.4, 0.5) is 5.69 Å². The summed E-state index contributed by atoms with van der Waals surface area (Å²) in [5, 5.41) is 3.16. The van der Waals surface area contributed by atoms with Crippen molar-refractivity contribution in [3.63, 3.8) is 0 Å². The Balaban J connectivity index is 2.14. The van der Waals surface area contributed by atoms with E-state index in [1.165, 1.54) is 6.26 Å². The van der Waals surface area contributed by atoms with Crippen LogP contribution in [0.1, 0.15) is 25.7 Å². The topological polar surface area (TPSA) is 64.6 Å². The van der Waals surface area contributed by atoms with Crippen LogP contribution in [0.15, 0.2) is 18.2 Å². The largest absolute Gasteiger partial charge is 0.497 e. The zero-order chi connectivity index (χ0) is 15.5. The van der Waals surface area contributed by atoms with Gasteiger partial charge in [-0.05, 0) is 31.4 Å². The lowest BCUT2D eigenvalue weighted by Gasteiger charge is -2.30. The van der Waals surface area contributed by atoms with Crippen molar-refractivity contribution in [3.8, 4) is 11.5 Å². The Bertz CT molecular complexity index is 585. The van der Waals surface area contributed by atoms with Crippen molar-refractivity contribution in [1.82, 2.24) is 0 Å². The summed E-state index contributed by atoms with van der Waals surface area (Å²) in [6.45, 7) is 0. The van der Waals surface area contributed by atoms with Gasteiger partial charge in [0.1, 0.15) is 21.3 Å². The van der Waals surface area contributed by atoms with Crippen molar-refractivity contribution in [2.75, 3.05) is 25.8 Å². The van der Waals surface area contributed by atoms with Crippen LogP contribution in [0, 0.1) is 0 Å². The third kappa shape index (κ3) is 4.03. The fourth-order valence-electron chi connectivity index (χ4n) is 2.81. The van der Waals surface area contributed by atoms with Gasteiger partial charge in [0, 0.05) is 18.4 Å². The molecule has 1 N–H and O–H groups in total. The predicted octanol–water partition coefficient (Wildman–Crippen LogP) is 2.47. The van der Waals surface area contributed by atoms with E-state index in [1.54, 1.807) is 14.2 Å². The van der Waals surface area contributed by atoms with E-state index in [0.29, 0.717) is 6.42 Å². The number of hydrogen-bond acceptors (Lipinski definition) is 5. The van der Waals surface area contributed by atoms with E-state index in [1.807, 2.05) is 18.2 Å². The van der Waals surface area contributed by atoms with Crippen LogP contribution in [0.25, 0.3) is 0 Å². The molecular formula is C15H23NO4S. The van der Waals surface area contributed by atoms with Gasteiger partial charge in [-0.1, -0.05) is 6.42 Å². The Morgan fingerprint density at radius 3 is 2.57 bits per heavy atom. The molecule has 2 unspecified atom stereocenters. The number of benzene rings is 1. The molecule has 2 atom stereocenters. The molecule has 2 rings (SSSR count). The first kappa shape index (κ1) is 15.9. The third-order valence-corrected chi connectivity index (χ3v) is 5.64. The van der Waals surface area contributed by atoms with Gasteiger partial charge in [-0.3, -0.25) is 0 Å². The molecule has 0 bridgehead atoms. The molecule has 118 valence electrons. The van der Waals surface area contributed by atoms with Gasteiger partial charge in [0.05, 0.1) is 25.2 Å². The van der Waals surface area contributed by atoms with Gasteiger partial charge in [0.2, 0.25) is 0 Å². The summed E-state index contributed by atoms with van der Waals surface area (Å²) in [6.07, 6.45) is 4.60. The Kier molecular flexibility index (Phi) is 4.98. The number of sulfone groups is 1. The summed E-state index contributed by atoms with van der Waals surface area (Å²) < 4.78 is 34.0. The van der Waals surface area contributed by atoms with Crippen LogP contribution in [-0.4, -0.2) is 40.2 Å². The van der Waals surface area contributed by atoms with E-state index in [0.717, 1.165) is 36.4 Å². The summed E-state index contributed by atoms with van der Waals surface area (Å²) in [7, 11) is 0.260. The Hall–Kier alpha value is -1.43. The molecule has 21 heavy (non-hydrogen) atoms. The first-order valence-electron chi connectivity index (χ1n) is 7.11. The molecule has 0 aromatic heterocycles. The van der Waals surface area contributed by atoms with Crippen molar-refractivity contribution in [2.45, 2.75) is 37.0 Å². The van der Waals surface area contributed by atoms with E-state index in [9.17, 15) is 8.42 Å². The predicted molar refractivity (Wildman–Crippen MR) is 84.1 cm³/mol. The number of rotatable bonds is 5. The SMILES string of the molecule is COc1ccc(OC)c(NC2CCCC(S(C)(=O)=O)C2)c1. The number of methoxy groups -OCH3 is 2. The fraction of sp³-hybridized carbons (Fsp3) is 0.600. The highest BCUT2D eigenvalue weighted by Gasteiger charge is 2.29. The van der Waals surface area contributed by atoms with Crippen LogP contribution in [0.2, 0.25) is 0 Å². The van der Waals surface area contributed by atoms with Crippen molar-refractivity contribution >= 4 is 15.5 Å². The van der Waals surface area contributed by atoms with Crippen LogP contribution in [0.5, 0.6) is 11.5 Å². The molecule has 0 radical (unpaired) electrons. The summed E-state index contributed by atoms with van der Waals surface area (Å²) in [5.41, 5.74) is 0.844. The lowest BCUT2D eigenvalue weighted by molar-refractivity contribution is 0.402. The van der Waals surface area contributed by atoms with Crippen LogP contribution >= 0.6 is 0 Å². The molecule has 1 fully saturated rings. The van der Waals surface area contributed by atoms with Crippen molar-refractivity contribution in [1.29, 1.82) is 0 Å². The zero-order valence-electron chi connectivity index (χ0n) is 12.8. The number of ether oxygens (including phenoxy) is 2. The molecule has 6 heteroatoms. The van der Waals surface area contributed by atoms with E-state index >= 15 is 0 Å². The minimum Gasteiger partial charge on any atom is -0.497 e. The number of anilines is 1. The monoisotopic (exact) mass is 313 g/mol. The number of hydrogen-bond donors (Lipinski definition) is 1. The Labute approximate surface area is 126 Å². The standard InChI is InChI=1S/C15H23NO4S/c1-19-12-7-8-15(20-2)14(10-12)16-11-5-4-6-13(9-11)21(3,17)18/h7-8,10-11,13,16H,4-6,9H2,1-3H3. The van der Waals surface area contributed by atoms with Crippen LogP contribution in [-0.2, 0) is 9.84 Å². The van der Waals surface area contributed by atoms with Crippen LogP contribution < -0.4 is 14.8 Å². The first-order valence-corrected chi connectivity index (χ1v) is 9.07. The molecule has 0 aliphatic heterocycles. The lowest BCUT2D eigenvalue weighted by atomic mass is 9.94. The molecule has 1 aliphatic carbocycles. The molecule has 0 saturated heterocycles. The quantitative estimate of drug-likeness (QED) is 0.904. The molecular weight excluding hydrogens is 290 g/mol. The maximum Gasteiger partial charge on any atom is 0.150 e. The third-order valence-electron chi connectivity index (χ3n) is 4.00. The molecule has 0 amide bonds. The van der Waals surface area contributed by atoms with Gasteiger partial charge in [-0.25, -0.2) is 8.42 Å². The van der Waals surface area contributed by atoms with E-state index in [4.69, 9.17) is 9.47 Å². The maximum absolute atomic E-state index is 11.7. The van der Waals surface area contributed by atoms with E-state index in [-0.39, 0.29) is 11.3 Å². The summed E-state index contributed by atoms with van der Waals surface area (Å²) in [5.74, 6) is 1.48. The summed E-state index contributed by atoms with van der Waals surface area (Å²) >= 11 is 0. The number of nitrogens with one attached hydrogen (secondary N) is 1. The molecule has 1 saturated carbocycles. The zero-order valence-corrected chi connectivity index (χ0v) is 13.6. The van der Waals surface area contributed by atoms with Crippen molar-refractivity contribution in [2.24, 2.45) is 0 Å². The van der Waals surface area contributed by atoms with Gasteiger partial charge < -0.3 is 14.8 Å². The van der Waals surface area contributed by atoms with Gasteiger partial charge in [-0.15, -0.1) is 0 Å². The molecule has 5 nitrogen and oxygen atoms in total. The average molecular weight is 313 g/mol. The second-order valence-electron chi connectivity index (χ2n) is 5.53. The highest BCUT2D eigenvalue weighted by Crippen LogP contribution is 2.32. The normalized spacial score (nSPS) is 22.6. The molecule has 0 spiro atoms. The molecule has 0 heterocycles. The highest BCUT2D eigenvalue weighted by molar-refractivity contribution is 7.91. The maximum atomic E-state index is 11.7. The Morgan fingerprint density at radius 1 is 1.19 bits per heavy atom. The second kappa shape index (κ2) is 6.56. The van der Waals surface area contributed by atoms with E-state index in [2.05, 4.69) is 5.32 Å². The molecule has 1 aromatic rings.